The van der Waals surface area contributed by atoms with Crippen molar-refractivity contribution >= 4 is 35.0 Å². The number of fused-ring (bicyclic) bond motifs is 1. The van der Waals surface area contributed by atoms with E-state index in [0.29, 0.717) is 35.7 Å². The molecule has 9 heteroatoms. The van der Waals surface area contributed by atoms with Crippen molar-refractivity contribution in [3.63, 3.8) is 0 Å². The molecule has 3 amide bonds. The predicted molar refractivity (Wildman–Crippen MR) is 154 cm³/mol. The van der Waals surface area contributed by atoms with Gasteiger partial charge in [0.25, 0.3) is 0 Å². The molecule has 6 rings (SSSR count). The molecule has 3 saturated heterocycles. The molecule has 2 unspecified atom stereocenters. The molecule has 3 fully saturated rings. The quantitative estimate of drug-likeness (QED) is 0.377. The molecule has 212 valence electrons. The number of para-hydroxylation sites is 1. The van der Waals surface area contributed by atoms with Crippen LogP contribution >= 0.6 is 11.6 Å². The monoisotopic (exact) mass is 573 g/mol. The third-order valence-electron chi connectivity index (χ3n) is 8.76. The van der Waals surface area contributed by atoms with E-state index in [9.17, 15) is 19.5 Å². The maximum Gasteiger partial charge on any atom is 0.250 e. The number of hydrogen-bond donors (Lipinski definition) is 3. The van der Waals surface area contributed by atoms with Gasteiger partial charge in [0.05, 0.1) is 41.3 Å². The van der Waals surface area contributed by atoms with Crippen LogP contribution in [0, 0.1) is 18.8 Å². The highest BCUT2D eigenvalue weighted by Crippen LogP contribution is 2.59. The van der Waals surface area contributed by atoms with Crippen molar-refractivity contribution in [1.82, 2.24) is 10.2 Å². The number of aliphatic hydroxyl groups is 1. The van der Waals surface area contributed by atoms with E-state index >= 15 is 0 Å². The van der Waals surface area contributed by atoms with Crippen molar-refractivity contribution in [3.05, 3.63) is 101 Å². The largest absolute Gasteiger partial charge is 0.394 e. The van der Waals surface area contributed by atoms with Gasteiger partial charge in [0, 0.05) is 6.54 Å². The van der Waals surface area contributed by atoms with Crippen LogP contribution in [0.4, 0.5) is 5.69 Å². The lowest BCUT2D eigenvalue weighted by Crippen LogP contribution is -2.54. The number of ether oxygens (including phenoxy) is 1. The van der Waals surface area contributed by atoms with Crippen LogP contribution in [-0.4, -0.2) is 52.1 Å². The summed E-state index contributed by atoms with van der Waals surface area (Å²) in [4.78, 5) is 43.7. The van der Waals surface area contributed by atoms with E-state index in [-0.39, 0.29) is 11.8 Å². The molecule has 3 heterocycles. The maximum atomic E-state index is 14.4. The minimum Gasteiger partial charge on any atom is -0.394 e. The summed E-state index contributed by atoms with van der Waals surface area (Å²) in [5.41, 5.74) is 1.64. The first-order chi connectivity index (χ1) is 19.9. The number of aliphatic hydroxyl groups excluding tert-OH is 1. The number of anilines is 1. The number of carbonyl (C=O) groups excluding carboxylic acids is 3. The van der Waals surface area contributed by atoms with Crippen LogP contribution in [-0.2, 0) is 25.7 Å². The highest BCUT2D eigenvalue weighted by molar-refractivity contribution is 6.34. The summed E-state index contributed by atoms with van der Waals surface area (Å²) < 4.78 is 6.53. The van der Waals surface area contributed by atoms with E-state index in [4.69, 9.17) is 16.3 Å². The molecule has 3 N–H and O–H groups in total. The number of hydrogen-bond acceptors (Lipinski definition) is 5. The number of rotatable bonds is 8. The Hall–Kier alpha value is -3.72. The van der Waals surface area contributed by atoms with Crippen LogP contribution in [0.2, 0.25) is 5.02 Å². The number of nitrogens with zero attached hydrogens (tertiary/aromatic N) is 1. The van der Waals surface area contributed by atoms with Gasteiger partial charge in [-0.05, 0) is 42.5 Å². The van der Waals surface area contributed by atoms with Crippen LogP contribution in [0.1, 0.15) is 35.6 Å². The van der Waals surface area contributed by atoms with Gasteiger partial charge in [-0.3, -0.25) is 14.4 Å². The maximum absolute atomic E-state index is 14.4. The molecular formula is C32H32ClN3O5. The third-order valence-corrected chi connectivity index (χ3v) is 9.08. The SMILES string of the molecule is Cc1cccc(Cl)c1NC(=O)C1N([C@H](CO)c2ccccc2)C(=O)[C@@H]2[C@@H](C(=O)NCc3ccccc3)[C@H]3CCC12O3. The molecule has 6 atom stereocenters. The van der Waals surface area contributed by atoms with Crippen molar-refractivity contribution in [2.75, 3.05) is 11.9 Å². The van der Waals surface area contributed by atoms with Crippen molar-refractivity contribution in [2.45, 2.75) is 50.1 Å². The zero-order chi connectivity index (χ0) is 28.7. The van der Waals surface area contributed by atoms with Crippen LogP contribution in [0.5, 0.6) is 0 Å². The fraction of sp³-hybridized carbons (Fsp3) is 0.344. The first-order valence-corrected chi connectivity index (χ1v) is 14.3. The second-order valence-corrected chi connectivity index (χ2v) is 11.4. The molecule has 3 aliphatic rings. The molecule has 2 bridgehead atoms. The molecule has 0 saturated carbocycles. The second kappa shape index (κ2) is 10.9. The Kier molecular flexibility index (Phi) is 7.32. The number of benzene rings is 3. The molecule has 41 heavy (non-hydrogen) atoms. The Morgan fingerprint density at radius 3 is 2.44 bits per heavy atom. The van der Waals surface area contributed by atoms with Crippen LogP contribution in [0.15, 0.2) is 78.9 Å². The Morgan fingerprint density at radius 2 is 1.76 bits per heavy atom. The normalized spacial score (nSPS) is 27.0. The number of aryl methyl sites for hydroxylation is 1. The van der Waals surface area contributed by atoms with E-state index in [1.165, 1.54) is 4.90 Å². The molecule has 0 aliphatic carbocycles. The summed E-state index contributed by atoms with van der Waals surface area (Å²) in [6.45, 7) is 1.76. The minimum atomic E-state index is -1.21. The fourth-order valence-electron chi connectivity index (χ4n) is 6.94. The average molecular weight is 574 g/mol. The van der Waals surface area contributed by atoms with E-state index in [1.807, 2.05) is 73.7 Å². The van der Waals surface area contributed by atoms with Gasteiger partial charge in [-0.1, -0.05) is 84.4 Å². The number of nitrogens with one attached hydrogen (secondary N) is 2. The van der Waals surface area contributed by atoms with Crippen LogP contribution in [0.25, 0.3) is 0 Å². The summed E-state index contributed by atoms with van der Waals surface area (Å²) in [6.07, 6.45) is 0.508. The Balaban J connectivity index is 1.38. The second-order valence-electron chi connectivity index (χ2n) is 11.0. The molecule has 3 aromatic carbocycles. The van der Waals surface area contributed by atoms with Gasteiger partial charge >= 0.3 is 0 Å². The van der Waals surface area contributed by atoms with Gasteiger partial charge in [0.1, 0.15) is 11.6 Å². The Morgan fingerprint density at radius 1 is 1.05 bits per heavy atom. The summed E-state index contributed by atoms with van der Waals surface area (Å²) in [7, 11) is 0. The Bertz CT molecular complexity index is 1450. The number of carbonyl (C=O) groups is 3. The van der Waals surface area contributed by atoms with Gasteiger partial charge in [-0.2, -0.15) is 0 Å². The first kappa shape index (κ1) is 27.4. The third kappa shape index (κ3) is 4.60. The molecule has 3 aromatic rings. The van der Waals surface area contributed by atoms with E-state index in [0.717, 1.165) is 11.1 Å². The van der Waals surface area contributed by atoms with E-state index < -0.39 is 48.1 Å². The molecular weight excluding hydrogens is 542 g/mol. The highest BCUT2D eigenvalue weighted by Gasteiger charge is 2.75. The lowest BCUT2D eigenvalue weighted by atomic mass is 9.70. The standard InChI is InChI=1S/C32H32ClN3O5/c1-19-9-8-14-22(33)27(19)35-30(39)28-32-16-15-24(41-32)25(29(38)34-17-20-10-4-2-5-11-20)26(32)31(40)36(28)23(18-37)21-12-6-3-7-13-21/h2-14,23-26,28,37H,15-18H2,1H3,(H,34,38)(H,35,39)/t23-,24-,25+,26+,28?,32?/m1/s1. The van der Waals surface area contributed by atoms with Crippen molar-refractivity contribution in [1.29, 1.82) is 0 Å². The molecule has 0 aromatic heterocycles. The lowest BCUT2D eigenvalue weighted by molar-refractivity contribution is -0.144. The predicted octanol–water partition coefficient (Wildman–Crippen LogP) is 4.01. The smallest absolute Gasteiger partial charge is 0.250 e. The van der Waals surface area contributed by atoms with Crippen LogP contribution in [0.3, 0.4) is 0 Å². The van der Waals surface area contributed by atoms with Gasteiger partial charge in [0.15, 0.2) is 0 Å². The summed E-state index contributed by atoms with van der Waals surface area (Å²) >= 11 is 6.45. The summed E-state index contributed by atoms with van der Waals surface area (Å²) in [5, 5.41) is 16.9. The minimum absolute atomic E-state index is 0.276. The number of halogens is 1. The Labute approximate surface area is 243 Å². The highest BCUT2D eigenvalue weighted by atomic mass is 35.5. The zero-order valence-corrected chi connectivity index (χ0v) is 23.4. The summed E-state index contributed by atoms with van der Waals surface area (Å²) in [5.74, 6) is -2.72. The van der Waals surface area contributed by atoms with E-state index in [1.54, 1.807) is 12.1 Å². The molecule has 3 aliphatic heterocycles. The number of likely N-dealkylation sites (tertiary alicyclic amines) is 1. The lowest BCUT2D eigenvalue weighted by Gasteiger charge is -2.37. The van der Waals surface area contributed by atoms with Crippen molar-refractivity contribution < 1.29 is 24.2 Å². The number of amides is 3. The van der Waals surface area contributed by atoms with Crippen molar-refractivity contribution in [2.24, 2.45) is 11.8 Å². The topological polar surface area (TPSA) is 108 Å². The van der Waals surface area contributed by atoms with Gasteiger partial charge < -0.3 is 25.4 Å². The average Bonchev–Trinajstić information content (AvgIpc) is 3.63. The summed E-state index contributed by atoms with van der Waals surface area (Å²) in [6, 6.07) is 22.1. The van der Waals surface area contributed by atoms with Crippen LogP contribution < -0.4 is 10.6 Å². The van der Waals surface area contributed by atoms with Gasteiger partial charge in [0.2, 0.25) is 17.7 Å². The van der Waals surface area contributed by atoms with Gasteiger partial charge in [-0.25, -0.2) is 0 Å². The fourth-order valence-corrected chi connectivity index (χ4v) is 7.21. The van der Waals surface area contributed by atoms with Crippen molar-refractivity contribution in [3.8, 4) is 0 Å². The molecule has 0 radical (unpaired) electrons. The first-order valence-electron chi connectivity index (χ1n) is 13.9. The zero-order valence-electron chi connectivity index (χ0n) is 22.6. The molecule has 8 nitrogen and oxygen atoms in total. The van der Waals surface area contributed by atoms with Gasteiger partial charge in [-0.15, -0.1) is 0 Å². The van der Waals surface area contributed by atoms with E-state index in [2.05, 4.69) is 10.6 Å². The molecule has 1 spiro atoms.